The Hall–Kier alpha value is -4.34. The van der Waals surface area contributed by atoms with Crippen molar-refractivity contribution >= 4 is 46.3 Å². The number of unbranched alkanes of at least 4 members (excludes halogenated alkanes) is 4. The SMILES string of the molecule is O=C(CCCCCCCC(=O)N/N=C/c1nc2ccccc2[nH]1)N/N=C/c1nc2ccccc2[nH]1. The second-order valence-electron chi connectivity index (χ2n) is 8.13. The van der Waals surface area contributed by atoms with E-state index >= 15 is 0 Å². The largest absolute Gasteiger partial charge is 0.337 e. The van der Waals surface area contributed by atoms with Crippen LogP contribution in [0.5, 0.6) is 0 Å². The fraction of sp³-hybridized carbons (Fsp3) is 0.280. The summed E-state index contributed by atoms with van der Waals surface area (Å²) >= 11 is 0. The van der Waals surface area contributed by atoms with Gasteiger partial charge in [-0.15, -0.1) is 0 Å². The number of hydrogen-bond donors (Lipinski definition) is 4. The van der Waals surface area contributed by atoms with Gasteiger partial charge in [0.15, 0.2) is 11.6 Å². The lowest BCUT2D eigenvalue weighted by molar-refractivity contribution is -0.121. The minimum Gasteiger partial charge on any atom is -0.337 e. The Morgan fingerprint density at radius 3 is 1.57 bits per heavy atom. The first-order valence-corrected chi connectivity index (χ1v) is 11.7. The van der Waals surface area contributed by atoms with Gasteiger partial charge in [-0.1, -0.05) is 43.5 Å². The second kappa shape index (κ2) is 12.2. The highest BCUT2D eigenvalue weighted by Crippen LogP contribution is 2.10. The first kappa shape index (κ1) is 23.8. The topological polar surface area (TPSA) is 140 Å². The Bertz CT molecular complexity index is 1170. The molecule has 4 rings (SSSR count). The van der Waals surface area contributed by atoms with Crippen LogP contribution in [0.2, 0.25) is 0 Å². The molecule has 180 valence electrons. The Labute approximate surface area is 202 Å². The van der Waals surface area contributed by atoms with E-state index in [4.69, 9.17) is 0 Å². The average Bonchev–Trinajstić information content (AvgIpc) is 3.46. The van der Waals surface area contributed by atoms with E-state index in [1.807, 2.05) is 48.5 Å². The molecule has 0 unspecified atom stereocenters. The third kappa shape index (κ3) is 7.32. The minimum atomic E-state index is -0.126. The van der Waals surface area contributed by atoms with Crippen LogP contribution in [0, 0.1) is 0 Å². The maximum atomic E-state index is 11.9. The molecule has 0 atom stereocenters. The van der Waals surface area contributed by atoms with Crippen molar-refractivity contribution in [3.63, 3.8) is 0 Å². The Balaban J connectivity index is 1.02. The third-order valence-electron chi connectivity index (χ3n) is 5.38. The van der Waals surface area contributed by atoms with Gasteiger partial charge in [0.05, 0.1) is 34.5 Å². The number of aromatic amines is 2. The van der Waals surface area contributed by atoms with E-state index in [1.54, 1.807) is 0 Å². The number of nitrogens with one attached hydrogen (secondary N) is 4. The number of H-pyrrole nitrogens is 2. The molecule has 0 fully saturated rings. The zero-order valence-corrected chi connectivity index (χ0v) is 19.3. The Morgan fingerprint density at radius 1 is 0.686 bits per heavy atom. The number of aromatic nitrogens is 4. The monoisotopic (exact) mass is 472 g/mol. The summed E-state index contributed by atoms with van der Waals surface area (Å²) in [5.41, 5.74) is 8.62. The Kier molecular flexibility index (Phi) is 8.31. The summed E-state index contributed by atoms with van der Waals surface area (Å²) in [7, 11) is 0. The van der Waals surface area contributed by atoms with Crippen LogP contribution in [-0.4, -0.2) is 44.2 Å². The predicted molar refractivity (Wildman–Crippen MR) is 136 cm³/mol. The summed E-state index contributed by atoms with van der Waals surface area (Å²) < 4.78 is 0. The van der Waals surface area contributed by atoms with Crippen molar-refractivity contribution in [1.29, 1.82) is 0 Å². The maximum absolute atomic E-state index is 11.9. The molecule has 35 heavy (non-hydrogen) atoms. The Morgan fingerprint density at radius 2 is 1.11 bits per heavy atom. The van der Waals surface area contributed by atoms with Gasteiger partial charge >= 0.3 is 0 Å². The molecule has 2 amide bonds. The zero-order chi connectivity index (χ0) is 24.3. The van der Waals surface area contributed by atoms with Crippen LogP contribution in [0.4, 0.5) is 0 Å². The van der Waals surface area contributed by atoms with Crippen LogP contribution >= 0.6 is 0 Å². The molecule has 0 aliphatic heterocycles. The summed E-state index contributed by atoms with van der Waals surface area (Å²) in [6.45, 7) is 0. The standard InChI is InChI=1S/C25H28N8O2/c34-24(32-26-16-22-28-18-10-6-7-11-19(18)29-22)14-4-2-1-3-5-15-25(35)33-27-17-23-30-20-12-8-9-13-21(20)31-23/h6-13,16-17H,1-5,14-15H2,(H,28,29)(H,30,31)(H,32,34)(H,33,35)/b26-16+,27-17+. The molecule has 0 saturated carbocycles. The first-order chi connectivity index (χ1) is 17.2. The minimum absolute atomic E-state index is 0.126. The number of rotatable bonds is 12. The van der Waals surface area contributed by atoms with Gasteiger partial charge in [-0.2, -0.15) is 10.2 Å². The van der Waals surface area contributed by atoms with Crippen molar-refractivity contribution in [2.45, 2.75) is 44.9 Å². The van der Waals surface area contributed by atoms with E-state index < -0.39 is 0 Å². The van der Waals surface area contributed by atoms with E-state index in [0.29, 0.717) is 24.5 Å². The summed E-state index contributed by atoms with van der Waals surface area (Å²) in [4.78, 5) is 38.8. The molecule has 4 aromatic rings. The smallest absolute Gasteiger partial charge is 0.240 e. The van der Waals surface area contributed by atoms with Crippen molar-refractivity contribution in [2.75, 3.05) is 0 Å². The van der Waals surface area contributed by atoms with E-state index in [1.165, 1.54) is 12.4 Å². The average molecular weight is 473 g/mol. The lowest BCUT2D eigenvalue weighted by atomic mass is 10.1. The molecule has 0 aliphatic rings. The molecule has 0 radical (unpaired) electrons. The molecular weight excluding hydrogens is 444 g/mol. The molecule has 0 spiro atoms. The molecule has 10 heteroatoms. The first-order valence-electron chi connectivity index (χ1n) is 11.7. The molecule has 2 heterocycles. The van der Waals surface area contributed by atoms with Gasteiger partial charge in [0.2, 0.25) is 11.8 Å². The van der Waals surface area contributed by atoms with Crippen LogP contribution in [0.15, 0.2) is 58.7 Å². The molecule has 2 aromatic heterocycles. The summed E-state index contributed by atoms with van der Waals surface area (Å²) in [5.74, 6) is 0.935. The number of fused-ring (bicyclic) bond motifs is 2. The van der Waals surface area contributed by atoms with Crippen LogP contribution in [0.3, 0.4) is 0 Å². The number of hydrogen-bond acceptors (Lipinski definition) is 6. The van der Waals surface area contributed by atoms with Gasteiger partial charge in [0, 0.05) is 12.8 Å². The van der Waals surface area contributed by atoms with Crippen LogP contribution in [0.1, 0.15) is 56.6 Å². The molecule has 0 aliphatic carbocycles. The molecule has 0 bridgehead atoms. The number of carbonyl (C=O) groups is 2. The molecular formula is C25H28N8O2. The normalized spacial score (nSPS) is 11.7. The van der Waals surface area contributed by atoms with Gasteiger partial charge in [-0.25, -0.2) is 20.8 Å². The fourth-order valence-corrected chi connectivity index (χ4v) is 3.61. The number of carbonyl (C=O) groups excluding carboxylic acids is 2. The number of hydrazone groups is 2. The van der Waals surface area contributed by atoms with Gasteiger partial charge < -0.3 is 9.97 Å². The molecule has 4 N–H and O–H groups in total. The van der Waals surface area contributed by atoms with Crippen molar-refractivity contribution in [3.05, 3.63) is 60.2 Å². The van der Waals surface area contributed by atoms with Gasteiger partial charge in [0.25, 0.3) is 0 Å². The number of amides is 2. The summed E-state index contributed by atoms with van der Waals surface area (Å²) in [5, 5.41) is 7.92. The molecule has 0 saturated heterocycles. The van der Waals surface area contributed by atoms with Crippen LogP contribution in [-0.2, 0) is 9.59 Å². The summed E-state index contributed by atoms with van der Waals surface area (Å²) in [6, 6.07) is 15.4. The van der Waals surface area contributed by atoms with E-state index in [-0.39, 0.29) is 11.8 Å². The van der Waals surface area contributed by atoms with Gasteiger partial charge in [-0.05, 0) is 37.1 Å². The number of imidazole rings is 2. The van der Waals surface area contributed by atoms with E-state index in [0.717, 1.165) is 54.2 Å². The third-order valence-corrected chi connectivity index (χ3v) is 5.38. The molecule has 2 aromatic carbocycles. The maximum Gasteiger partial charge on any atom is 0.240 e. The molecule has 10 nitrogen and oxygen atoms in total. The van der Waals surface area contributed by atoms with Crippen molar-refractivity contribution < 1.29 is 9.59 Å². The van der Waals surface area contributed by atoms with Crippen molar-refractivity contribution in [2.24, 2.45) is 10.2 Å². The fourth-order valence-electron chi connectivity index (χ4n) is 3.61. The van der Waals surface area contributed by atoms with Gasteiger partial charge in [-0.3, -0.25) is 9.59 Å². The lowest BCUT2D eigenvalue weighted by Gasteiger charge is -2.02. The van der Waals surface area contributed by atoms with E-state index in [2.05, 4.69) is 41.0 Å². The van der Waals surface area contributed by atoms with Gasteiger partial charge in [0.1, 0.15) is 0 Å². The zero-order valence-electron chi connectivity index (χ0n) is 19.3. The van der Waals surface area contributed by atoms with Crippen molar-refractivity contribution in [3.8, 4) is 0 Å². The quantitative estimate of drug-likeness (QED) is 0.141. The van der Waals surface area contributed by atoms with Crippen molar-refractivity contribution in [1.82, 2.24) is 30.8 Å². The number of para-hydroxylation sites is 4. The number of nitrogens with zero attached hydrogens (tertiary/aromatic N) is 4. The highest BCUT2D eigenvalue weighted by atomic mass is 16.2. The summed E-state index contributed by atoms with van der Waals surface area (Å²) in [6.07, 6.45) is 8.19. The number of benzene rings is 2. The highest BCUT2D eigenvalue weighted by molar-refractivity contribution is 5.86. The van der Waals surface area contributed by atoms with E-state index in [9.17, 15) is 9.59 Å². The second-order valence-corrected chi connectivity index (χ2v) is 8.13. The predicted octanol–water partition coefficient (Wildman–Crippen LogP) is 3.77. The lowest BCUT2D eigenvalue weighted by Crippen LogP contribution is -2.17. The van der Waals surface area contributed by atoms with Crippen LogP contribution < -0.4 is 10.9 Å². The van der Waals surface area contributed by atoms with Crippen LogP contribution in [0.25, 0.3) is 22.1 Å². The highest BCUT2D eigenvalue weighted by Gasteiger charge is 2.03.